The number of rotatable bonds is 7. The highest BCUT2D eigenvalue weighted by molar-refractivity contribution is 7.99. The summed E-state index contributed by atoms with van der Waals surface area (Å²) in [5, 5.41) is 6.59. The Morgan fingerprint density at radius 2 is 1.91 bits per heavy atom. The monoisotopic (exact) mass is 337 g/mol. The van der Waals surface area contributed by atoms with Crippen LogP contribution in [0.1, 0.15) is 36.7 Å². The van der Waals surface area contributed by atoms with E-state index in [-0.39, 0.29) is 10.7 Å². The van der Waals surface area contributed by atoms with Gasteiger partial charge in [-0.25, -0.2) is 4.79 Å². The molecule has 0 saturated heterocycles. The van der Waals surface area contributed by atoms with Crippen LogP contribution in [0.2, 0.25) is 0 Å². The number of thioether (sulfide) groups is 1. The minimum Gasteiger partial charge on any atom is -0.462 e. The molecule has 6 heteroatoms. The number of hydrogen-bond acceptors (Lipinski definition) is 4. The summed E-state index contributed by atoms with van der Waals surface area (Å²) in [5.41, 5.74) is 1.64. The Balaban J connectivity index is 2.51. The minimum atomic E-state index is -0.288. The lowest BCUT2D eigenvalue weighted by Crippen LogP contribution is -2.42. The second-order valence-electron chi connectivity index (χ2n) is 5.66. The van der Waals surface area contributed by atoms with Crippen LogP contribution in [0.3, 0.4) is 0 Å². The van der Waals surface area contributed by atoms with Gasteiger partial charge >= 0.3 is 5.97 Å². The second kappa shape index (κ2) is 9.45. The summed E-state index contributed by atoms with van der Waals surface area (Å²) >= 11 is 1.81. The van der Waals surface area contributed by atoms with Gasteiger partial charge < -0.3 is 15.4 Å². The van der Waals surface area contributed by atoms with Crippen LogP contribution in [-0.4, -0.2) is 43.1 Å². The van der Waals surface area contributed by atoms with E-state index in [0.717, 1.165) is 18.1 Å². The second-order valence-corrected chi connectivity index (χ2v) is 7.17. The summed E-state index contributed by atoms with van der Waals surface area (Å²) in [6.07, 6.45) is 2.10. The van der Waals surface area contributed by atoms with Crippen molar-refractivity contribution in [3.63, 3.8) is 0 Å². The van der Waals surface area contributed by atoms with E-state index in [0.29, 0.717) is 18.7 Å². The molecule has 0 aliphatic rings. The molecule has 128 valence electrons. The Kier molecular flexibility index (Phi) is 7.95. The Bertz CT molecular complexity index is 527. The van der Waals surface area contributed by atoms with Crippen LogP contribution < -0.4 is 10.6 Å². The van der Waals surface area contributed by atoms with Gasteiger partial charge in [0.25, 0.3) is 0 Å². The Morgan fingerprint density at radius 1 is 1.26 bits per heavy atom. The lowest BCUT2D eigenvalue weighted by Gasteiger charge is -2.23. The number of esters is 1. The molecule has 2 N–H and O–H groups in total. The zero-order chi connectivity index (χ0) is 17.3. The third-order valence-corrected chi connectivity index (χ3v) is 4.63. The Morgan fingerprint density at radius 3 is 2.43 bits per heavy atom. The van der Waals surface area contributed by atoms with E-state index >= 15 is 0 Å². The Labute approximate surface area is 143 Å². The average Bonchev–Trinajstić information content (AvgIpc) is 2.55. The minimum absolute atomic E-state index is 0.152. The van der Waals surface area contributed by atoms with Crippen LogP contribution in [0.5, 0.6) is 0 Å². The zero-order valence-electron chi connectivity index (χ0n) is 14.6. The molecule has 0 fully saturated rings. The molecule has 1 aromatic carbocycles. The predicted molar refractivity (Wildman–Crippen MR) is 98.2 cm³/mol. The van der Waals surface area contributed by atoms with Crippen molar-refractivity contribution < 1.29 is 9.53 Å². The molecule has 0 aliphatic carbocycles. The topological polar surface area (TPSA) is 62.7 Å². The zero-order valence-corrected chi connectivity index (χ0v) is 15.4. The lowest BCUT2D eigenvalue weighted by molar-refractivity contribution is 0.0526. The molecule has 0 amide bonds. The van der Waals surface area contributed by atoms with E-state index in [4.69, 9.17) is 4.74 Å². The highest BCUT2D eigenvalue weighted by Crippen LogP contribution is 2.19. The van der Waals surface area contributed by atoms with Crippen molar-refractivity contribution in [2.45, 2.75) is 32.1 Å². The van der Waals surface area contributed by atoms with Crippen molar-refractivity contribution in [3.05, 3.63) is 35.4 Å². The first-order chi connectivity index (χ1) is 10.9. The summed E-state index contributed by atoms with van der Waals surface area (Å²) in [5.74, 6) is 0.477. The highest BCUT2D eigenvalue weighted by Gasteiger charge is 2.16. The SMILES string of the molecule is CCOC(=O)c1ccc(CNC(=NC)NCC(C)(C)SC)cc1. The molecule has 0 heterocycles. The third-order valence-electron chi connectivity index (χ3n) is 3.38. The first-order valence-corrected chi connectivity index (χ1v) is 8.90. The van der Waals surface area contributed by atoms with Crippen LogP contribution in [0, 0.1) is 0 Å². The Hall–Kier alpha value is -1.69. The molecule has 1 rings (SSSR count). The maximum absolute atomic E-state index is 11.6. The largest absolute Gasteiger partial charge is 0.462 e. The van der Waals surface area contributed by atoms with Gasteiger partial charge in [0, 0.05) is 24.9 Å². The molecule has 5 nitrogen and oxygen atoms in total. The number of nitrogens with zero attached hydrogens (tertiary/aromatic N) is 1. The normalized spacial score (nSPS) is 12.0. The number of guanidine groups is 1. The van der Waals surface area contributed by atoms with Crippen molar-refractivity contribution >= 4 is 23.7 Å². The van der Waals surface area contributed by atoms with Crippen molar-refractivity contribution in [1.82, 2.24) is 10.6 Å². The van der Waals surface area contributed by atoms with Crippen LogP contribution in [0.25, 0.3) is 0 Å². The summed E-state index contributed by atoms with van der Waals surface area (Å²) in [6, 6.07) is 7.39. The number of carbonyl (C=O) groups excluding carboxylic acids is 1. The van der Waals surface area contributed by atoms with Gasteiger partial charge in [-0.15, -0.1) is 0 Å². The van der Waals surface area contributed by atoms with E-state index in [9.17, 15) is 4.79 Å². The standard InChI is InChI=1S/C17H27N3O2S/c1-6-22-15(21)14-9-7-13(8-10-14)11-19-16(18-4)20-12-17(2,3)23-5/h7-10H,6,11-12H2,1-5H3,(H2,18,19,20). The summed E-state index contributed by atoms with van der Waals surface area (Å²) in [4.78, 5) is 15.8. The van der Waals surface area contributed by atoms with E-state index < -0.39 is 0 Å². The maximum atomic E-state index is 11.6. The first kappa shape index (κ1) is 19.4. The molecule has 0 spiro atoms. The molecule has 0 radical (unpaired) electrons. The molecule has 0 atom stereocenters. The number of ether oxygens (including phenoxy) is 1. The van der Waals surface area contributed by atoms with Crippen LogP contribution >= 0.6 is 11.8 Å². The van der Waals surface area contributed by atoms with Crippen LogP contribution in [0.15, 0.2) is 29.3 Å². The van der Waals surface area contributed by atoms with E-state index in [2.05, 4.69) is 35.7 Å². The summed E-state index contributed by atoms with van der Waals surface area (Å²) < 4.78 is 5.12. The van der Waals surface area contributed by atoms with Gasteiger partial charge in [-0.1, -0.05) is 12.1 Å². The molecular weight excluding hydrogens is 310 g/mol. The summed E-state index contributed by atoms with van der Waals surface area (Å²) in [6.45, 7) is 8.03. The molecule has 0 saturated carbocycles. The third kappa shape index (κ3) is 6.95. The van der Waals surface area contributed by atoms with Crippen LogP contribution in [0.4, 0.5) is 0 Å². The molecular formula is C17H27N3O2S. The van der Waals surface area contributed by atoms with E-state index in [1.165, 1.54) is 0 Å². The van der Waals surface area contributed by atoms with Crippen LogP contribution in [-0.2, 0) is 11.3 Å². The fourth-order valence-corrected chi connectivity index (χ4v) is 1.96. The van der Waals surface area contributed by atoms with Gasteiger partial charge in [-0.05, 0) is 44.7 Å². The van der Waals surface area contributed by atoms with Gasteiger partial charge in [0.1, 0.15) is 0 Å². The van der Waals surface area contributed by atoms with Crippen molar-refractivity contribution in [2.24, 2.45) is 4.99 Å². The van der Waals surface area contributed by atoms with Crippen molar-refractivity contribution in [2.75, 3.05) is 26.5 Å². The molecule has 0 aromatic heterocycles. The highest BCUT2D eigenvalue weighted by atomic mass is 32.2. The van der Waals surface area contributed by atoms with Gasteiger partial charge in [0.05, 0.1) is 12.2 Å². The number of hydrogen-bond donors (Lipinski definition) is 2. The number of nitrogens with one attached hydrogen (secondary N) is 2. The number of benzene rings is 1. The predicted octanol–water partition coefficient (Wildman–Crippen LogP) is 2.67. The van der Waals surface area contributed by atoms with Crippen molar-refractivity contribution in [3.8, 4) is 0 Å². The quantitative estimate of drug-likeness (QED) is 0.455. The molecule has 0 unspecified atom stereocenters. The van der Waals surface area contributed by atoms with Gasteiger partial charge in [-0.2, -0.15) is 11.8 Å². The fraction of sp³-hybridized carbons (Fsp3) is 0.529. The number of carbonyl (C=O) groups is 1. The average molecular weight is 337 g/mol. The molecule has 0 bridgehead atoms. The van der Waals surface area contributed by atoms with Gasteiger partial charge in [0.2, 0.25) is 0 Å². The lowest BCUT2D eigenvalue weighted by atomic mass is 10.1. The molecule has 23 heavy (non-hydrogen) atoms. The molecule has 0 aliphatic heterocycles. The first-order valence-electron chi connectivity index (χ1n) is 7.67. The maximum Gasteiger partial charge on any atom is 0.338 e. The molecule has 1 aromatic rings. The van der Waals surface area contributed by atoms with Gasteiger partial charge in [0.15, 0.2) is 5.96 Å². The van der Waals surface area contributed by atoms with E-state index in [1.54, 1.807) is 26.1 Å². The van der Waals surface area contributed by atoms with E-state index in [1.807, 2.05) is 23.9 Å². The smallest absolute Gasteiger partial charge is 0.338 e. The summed E-state index contributed by atoms with van der Waals surface area (Å²) in [7, 11) is 1.76. The van der Waals surface area contributed by atoms with Gasteiger partial charge in [-0.3, -0.25) is 4.99 Å². The number of aliphatic imine (C=N–C) groups is 1. The fourth-order valence-electron chi connectivity index (χ4n) is 1.75. The van der Waals surface area contributed by atoms with Crippen molar-refractivity contribution in [1.29, 1.82) is 0 Å².